The summed E-state index contributed by atoms with van der Waals surface area (Å²) in [5.41, 5.74) is 1.32. The second kappa shape index (κ2) is 6.84. The molecule has 1 aliphatic rings. The van der Waals surface area contributed by atoms with Crippen molar-refractivity contribution in [2.45, 2.75) is 24.7 Å². The summed E-state index contributed by atoms with van der Waals surface area (Å²) in [7, 11) is -2.36. The Morgan fingerprint density at radius 1 is 1.04 bits per heavy atom. The van der Waals surface area contributed by atoms with Crippen LogP contribution in [0.2, 0.25) is 0 Å². The Morgan fingerprint density at radius 3 is 2.44 bits per heavy atom. The van der Waals surface area contributed by atoms with Crippen molar-refractivity contribution in [3.05, 3.63) is 42.0 Å². The van der Waals surface area contributed by atoms with Gasteiger partial charge >= 0.3 is 0 Å². The molecule has 0 aliphatic carbocycles. The Bertz CT molecular complexity index is 877. The molecule has 0 saturated heterocycles. The highest BCUT2D eigenvalue weighted by Crippen LogP contribution is 2.34. The second-order valence-electron chi connectivity index (χ2n) is 6.03. The molecule has 3 rings (SSSR count). The van der Waals surface area contributed by atoms with Gasteiger partial charge in [0.05, 0.1) is 12.8 Å². The van der Waals surface area contributed by atoms with Crippen molar-refractivity contribution in [1.29, 1.82) is 0 Å². The molecule has 0 amide bonds. The largest absolute Gasteiger partial charge is 0.495 e. The van der Waals surface area contributed by atoms with E-state index in [2.05, 4.69) is 4.72 Å². The maximum atomic E-state index is 12.9. The van der Waals surface area contributed by atoms with Gasteiger partial charge in [0.25, 0.3) is 10.0 Å². The molecular formula is C18H21NO5S. The molecule has 1 aliphatic heterocycles. The van der Waals surface area contributed by atoms with E-state index in [0.717, 1.165) is 5.56 Å². The van der Waals surface area contributed by atoms with Crippen LogP contribution in [0.15, 0.2) is 41.3 Å². The summed E-state index contributed by atoms with van der Waals surface area (Å²) < 4.78 is 44.5. The van der Waals surface area contributed by atoms with Gasteiger partial charge in [-0.25, -0.2) is 8.42 Å². The molecule has 1 heterocycles. The summed E-state index contributed by atoms with van der Waals surface area (Å²) in [6.45, 7) is 4.93. The fraction of sp³-hybridized carbons (Fsp3) is 0.333. The zero-order valence-corrected chi connectivity index (χ0v) is 15.2. The molecule has 0 fully saturated rings. The number of benzene rings is 2. The van der Waals surface area contributed by atoms with Gasteiger partial charge in [-0.15, -0.1) is 0 Å². The van der Waals surface area contributed by atoms with E-state index in [0.29, 0.717) is 36.1 Å². The van der Waals surface area contributed by atoms with Gasteiger partial charge in [-0.2, -0.15) is 0 Å². The third-order valence-electron chi connectivity index (χ3n) is 3.94. The summed E-state index contributed by atoms with van der Waals surface area (Å²) >= 11 is 0. The first-order valence-electron chi connectivity index (χ1n) is 8.01. The molecule has 0 spiro atoms. The van der Waals surface area contributed by atoms with Crippen LogP contribution in [0, 0.1) is 0 Å². The van der Waals surface area contributed by atoms with Crippen LogP contribution in [0.5, 0.6) is 17.2 Å². The van der Waals surface area contributed by atoms with Crippen LogP contribution >= 0.6 is 0 Å². The maximum Gasteiger partial charge on any atom is 0.265 e. The number of hydrogen-bond acceptors (Lipinski definition) is 5. The van der Waals surface area contributed by atoms with Crippen LogP contribution in [0.25, 0.3) is 0 Å². The van der Waals surface area contributed by atoms with E-state index < -0.39 is 10.0 Å². The summed E-state index contributed by atoms with van der Waals surface area (Å²) in [6, 6.07) is 10.1. The molecule has 134 valence electrons. The van der Waals surface area contributed by atoms with Gasteiger partial charge in [0.1, 0.15) is 23.9 Å². The Balaban J connectivity index is 1.95. The lowest BCUT2D eigenvalue weighted by atomic mass is 10.0. The minimum Gasteiger partial charge on any atom is -0.495 e. The molecule has 0 unspecified atom stereocenters. The highest BCUT2D eigenvalue weighted by atomic mass is 32.2. The number of hydrogen-bond donors (Lipinski definition) is 1. The number of sulfonamides is 1. The van der Waals surface area contributed by atoms with Crippen LogP contribution in [-0.4, -0.2) is 28.7 Å². The lowest BCUT2D eigenvalue weighted by Gasteiger charge is -2.19. The van der Waals surface area contributed by atoms with Gasteiger partial charge in [-0.1, -0.05) is 19.9 Å². The van der Waals surface area contributed by atoms with Crippen molar-refractivity contribution in [1.82, 2.24) is 0 Å². The van der Waals surface area contributed by atoms with E-state index in [-0.39, 0.29) is 10.8 Å². The van der Waals surface area contributed by atoms with Gasteiger partial charge < -0.3 is 14.2 Å². The molecule has 2 aromatic carbocycles. The topological polar surface area (TPSA) is 73.9 Å². The zero-order valence-electron chi connectivity index (χ0n) is 14.4. The van der Waals surface area contributed by atoms with E-state index in [1.165, 1.54) is 7.11 Å². The maximum absolute atomic E-state index is 12.9. The van der Waals surface area contributed by atoms with E-state index in [9.17, 15) is 8.42 Å². The highest BCUT2D eigenvalue weighted by Gasteiger charge is 2.22. The third-order valence-corrected chi connectivity index (χ3v) is 5.34. The van der Waals surface area contributed by atoms with Crippen LogP contribution in [-0.2, 0) is 10.0 Å². The van der Waals surface area contributed by atoms with Gasteiger partial charge in [0.15, 0.2) is 11.5 Å². The monoisotopic (exact) mass is 363 g/mol. The average molecular weight is 363 g/mol. The number of rotatable bonds is 5. The summed E-state index contributed by atoms with van der Waals surface area (Å²) in [4.78, 5) is 0.107. The van der Waals surface area contributed by atoms with Crippen molar-refractivity contribution >= 4 is 15.7 Å². The first-order valence-corrected chi connectivity index (χ1v) is 9.49. The van der Waals surface area contributed by atoms with Crippen molar-refractivity contribution < 1.29 is 22.6 Å². The minimum atomic E-state index is -3.81. The number of anilines is 1. The molecule has 2 aromatic rings. The molecule has 0 aromatic heterocycles. The molecule has 0 radical (unpaired) electrons. The molecule has 1 N–H and O–H groups in total. The van der Waals surface area contributed by atoms with Crippen molar-refractivity contribution in [3.8, 4) is 17.2 Å². The van der Waals surface area contributed by atoms with Gasteiger partial charge in [0, 0.05) is 6.07 Å². The molecule has 7 heteroatoms. The van der Waals surface area contributed by atoms with Gasteiger partial charge in [-0.3, -0.25) is 4.72 Å². The van der Waals surface area contributed by atoms with Crippen molar-refractivity contribution in [2.24, 2.45) is 0 Å². The van der Waals surface area contributed by atoms with Crippen LogP contribution in [0.4, 0.5) is 5.69 Å². The van der Waals surface area contributed by atoms with Crippen LogP contribution < -0.4 is 18.9 Å². The number of fused-ring (bicyclic) bond motifs is 1. The Labute approximate surface area is 147 Å². The lowest BCUT2D eigenvalue weighted by Crippen LogP contribution is -2.17. The summed E-state index contributed by atoms with van der Waals surface area (Å²) in [5.74, 6) is 1.63. The second-order valence-corrected chi connectivity index (χ2v) is 7.68. The molecule has 0 atom stereocenters. The van der Waals surface area contributed by atoms with E-state index in [4.69, 9.17) is 14.2 Å². The number of ether oxygens (including phenoxy) is 3. The Morgan fingerprint density at radius 2 is 1.76 bits per heavy atom. The standard InChI is InChI=1S/C18H21NO5S/c1-12(2)13-4-6-16(22-3)18(10-13)25(20,21)19-14-5-7-15-17(11-14)24-9-8-23-15/h4-7,10-12,19H,8-9H2,1-3H3. The van der Waals surface area contributed by atoms with E-state index in [1.54, 1.807) is 30.3 Å². The molecule has 0 saturated carbocycles. The first kappa shape index (κ1) is 17.4. The average Bonchev–Trinajstić information content (AvgIpc) is 2.60. The predicted molar refractivity (Wildman–Crippen MR) is 95.3 cm³/mol. The minimum absolute atomic E-state index is 0.107. The molecule has 25 heavy (non-hydrogen) atoms. The molecular weight excluding hydrogens is 342 g/mol. The van der Waals surface area contributed by atoms with Crippen molar-refractivity contribution in [3.63, 3.8) is 0 Å². The normalized spacial score (nSPS) is 13.6. The fourth-order valence-corrected chi connectivity index (χ4v) is 3.83. The van der Waals surface area contributed by atoms with Crippen LogP contribution in [0.1, 0.15) is 25.3 Å². The summed E-state index contributed by atoms with van der Waals surface area (Å²) in [5, 5.41) is 0. The predicted octanol–water partition coefficient (Wildman–Crippen LogP) is 3.39. The van der Waals surface area contributed by atoms with Gasteiger partial charge in [0.2, 0.25) is 0 Å². The highest BCUT2D eigenvalue weighted by molar-refractivity contribution is 7.92. The van der Waals surface area contributed by atoms with Gasteiger partial charge in [-0.05, 0) is 35.7 Å². The molecule has 6 nitrogen and oxygen atoms in total. The van der Waals surface area contributed by atoms with E-state index >= 15 is 0 Å². The fourth-order valence-electron chi connectivity index (χ4n) is 2.58. The van der Waals surface area contributed by atoms with E-state index in [1.807, 2.05) is 19.9 Å². The molecule has 0 bridgehead atoms. The quantitative estimate of drug-likeness (QED) is 0.881. The lowest BCUT2D eigenvalue weighted by molar-refractivity contribution is 0.171. The Kier molecular flexibility index (Phi) is 4.76. The zero-order chi connectivity index (χ0) is 18.0. The SMILES string of the molecule is COc1ccc(C(C)C)cc1S(=O)(=O)Nc1ccc2c(c1)OCCO2. The summed E-state index contributed by atoms with van der Waals surface area (Å²) in [6.07, 6.45) is 0. The number of methoxy groups -OCH3 is 1. The third kappa shape index (κ3) is 3.66. The number of nitrogens with one attached hydrogen (secondary N) is 1. The van der Waals surface area contributed by atoms with Crippen LogP contribution in [0.3, 0.4) is 0 Å². The van der Waals surface area contributed by atoms with Crippen molar-refractivity contribution in [2.75, 3.05) is 25.0 Å². The smallest absolute Gasteiger partial charge is 0.265 e. The first-order chi connectivity index (χ1) is 11.9. The Hall–Kier alpha value is -2.41.